The van der Waals surface area contributed by atoms with Gasteiger partial charge in [0.25, 0.3) is 5.91 Å². The first-order valence-corrected chi connectivity index (χ1v) is 11.2. The van der Waals surface area contributed by atoms with Crippen LogP contribution in [-0.2, 0) is 9.59 Å². The number of carboxylic acid groups (broad SMARTS) is 1. The Balaban J connectivity index is 0.000000296. The number of hydrogen-bond donors (Lipinski definition) is 5. The number of rotatable bonds is 8. The molecule has 178 valence electrons. The minimum atomic E-state index is -1.07. The van der Waals surface area contributed by atoms with E-state index in [9.17, 15) is 14.7 Å². The number of allylic oxidation sites excluding steroid dienone is 3. The number of amides is 1. The maximum absolute atomic E-state index is 12.4. The zero-order valence-corrected chi connectivity index (χ0v) is 19.1. The molecule has 4 heterocycles. The molecule has 11 nitrogen and oxygen atoms in total. The highest BCUT2D eigenvalue weighted by Gasteiger charge is 2.23. The van der Waals surface area contributed by atoms with E-state index in [2.05, 4.69) is 20.8 Å². The fourth-order valence-electron chi connectivity index (χ4n) is 3.02. The number of nitrogens with zero attached hydrogens (tertiary/aromatic N) is 4. The van der Waals surface area contributed by atoms with Crippen LogP contribution in [0.15, 0.2) is 88.6 Å². The highest BCUT2D eigenvalue weighted by atomic mass is 32.2. The summed E-state index contributed by atoms with van der Waals surface area (Å²) in [4.78, 5) is 33.7. The molecule has 2 aromatic rings. The van der Waals surface area contributed by atoms with Crippen molar-refractivity contribution >= 4 is 35.1 Å². The molecule has 0 bridgehead atoms. The van der Waals surface area contributed by atoms with Crippen LogP contribution >= 0.6 is 11.8 Å². The molecule has 0 radical (unpaired) electrons. The van der Waals surface area contributed by atoms with Crippen molar-refractivity contribution in [3.05, 3.63) is 83.6 Å². The van der Waals surface area contributed by atoms with E-state index in [0.29, 0.717) is 17.9 Å². The van der Waals surface area contributed by atoms with Crippen molar-refractivity contribution in [1.82, 2.24) is 25.1 Å². The number of hydrazine groups is 1. The van der Waals surface area contributed by atoms with Crippen molar-refractivity contribution in [2.45, 2.75) is 18.9 Å². The molecule has 1 amide bonds. The number of nitrogens with one attached hydrogen (secondary N) is 2. The molecule has 2 aliphatic heterocycles. The van der Waals surface area contributed by atoms with Crippen LogP contribution in [0.5, 0.6) is 0 Å². The van der Waals surface area contributed by atoms with Crippen LogP contribution in [0, 0.1) is 0 Å². The SMILES string of the molecule is NC(N)=NCCC[C@H](NNC(=O)C1=C2C=CC=CN2C=CS1)C(=O)O.c1cc2cnccn2c1. The molecule has 0 spiro atoms. The minimum Gasteiger partial charge on any atom is -0.480 e. The summed E-state index contributed by atoms with van der Waals surface area (Å²) in [5.41, 5.74) is 17.3. The van der Waals surface area contributed by atoms with Crippen molar-refractivity contribution < 1.29 is 14.7 Å². The normalized spacial score (nSPS) is 14.8. The van der Waals surface area contributed by atoms with Gasteiger partial charge in [-0.2, -0.15) is 0 Å². The number of thioether (sulfide) groups is 1. The van der Waals surface area contributed by atoms with Gasteiger partial charge in [0, 0.05) is 37.5 Å². The number of aliphatic carboxylic acids is 1. The molecule has 0 saturated carbocycles. The maximum Gasteiger partial charge on any atom is 0.322 e. The summed E-state index contributed by atoms with van der Waals surface area (Å²) in [5.74, 6) is -1.51. The van der Waals surface area contributed by atoms with E-state index in [0.717, 1.165) is 11.2 Å². The summed E-state index contributed by atoms with van der Waals surface area (Å²) in [6, 6.07) is 3.08. The Morgan fingerprint density at radius 2 is 2.09 bits per heavy atom. The minimum absolute atomic E-state index is 0.0388. The lowest BCUT2D eigenvalue weighted by Crippen LogP contribution is -2.48. The maximum atomic E-state index is 12.4. The second kappa shape index (κ2) is 12.3. The van der Waals surface area contributed by atoms with Gasteiger partial charge in [-0.25, -0.2) is 5.43 Å². The first kappa shape index (κ1) is 24.6. The highest BCUT2D eigenvalue weighted by Crippen LogP contribution is 2.31. The number of aliphatic imine (C=N–C) groups is 1. The summed E-state index contributed by atoms with van der Waals surface area (Å²) in [6.45, 7) is 0.323. The molecule has 0 aromatic carbocycles. The van der Waals surface area contributed by atoms with E-state index in [1.165, 1.54) is 11.8 Å². The smallest absolute Gasteiger partial charge is 0.322 e. The second-order valence-corrected chi connectivity index (χ2v) is 8.00. The number of aromatic nitrogens is 2. The largest absolute Gasteiger partial charge is 0.480 e. The third kappa shape index (κ3) is 6.98. The van der Waals surface area contributed by atoms with Crippen LogP contribution in [0.1, 0.15) is 12.8 Å². The van der Waals surface area contributed by atoms with Crippen molar-refractivity contribution in [3.63, 3.8) is 0 Å². The standard InChI is InChI=1S/C15H20N6O3S.C7H6N2/c16-15(17)18-6-3-4-10(14(23)24)19-20-13(22)12-11-5-1-2-7-21(11)8-9-25-12;1-2-7-6-8-3-5-9(7)4-1/h1-2,5,7-10,19H,3-4,6H2,(H,20,22)(H,23,24)(H4,16,17,18);1-6H/t10-;/m0./s1. The van der Waals surface area contributed by atoms with Gasteiger partial charge in [-0.05, 0) is 42.5 Å². The summed E-state index contributed by atoms with van der Waals surface area (Å²) >= 11 is 1.27. The van der Waals surface area contributed by atoms with Crippen molar-refractivity contribution in [2.75, 3.05) is 6.54 Å². The number of carbonyl (C=O) groups excluding carboxylic acids is 1. The van der Waals surface area contributed by atoms with Gasteiger partial charge < -0.3 is 25.9 Å². The first-order chi connectivity index (χ1) is 16.5. The predicted octanol–water partition coefficient (Wildman–Crippen LogP) is 1.26. The number of guanidine groups is 1. The molecular formula is C22H26N8O3S. The highest BCUT2D eigenvalue weighted by molar-refractivity contribution is 8.06. The third-order valence-electron chi connectivity index (χ3n) is 4.67. The predicted molar refractivity (Wildman–Crippen MR) is 132 cm³/mol. The van der Waals surface area contributed by atoms with Gasteiger partial charge in [0.1, 0.15) is 10.9 Å². The summed E-state index contributed by atoms with van der Waals surface area (Å²) < 4.78 is 2.02. The Bertz CT molecular complexity index is 1130. The zero-order chi connectivity index (χ0) is 24.3. The van der Waals surface area contributed by atoms with E-state index < -0.39 is 17.9 Å². The molecule has 2 aliphatic rings. The van der Waals surface area contributed by atoms with E-state index >= 15 is 0 Å². The summed E-state index contributed by atoms with van der Waals surface area (Å²) in [5, 5.41) is 11.0. The summed E-state index contributed by atoms with van der Waals surface area (Å²) in [6.07, 6.45) is 17.4. The van der Waals surface area contributed by atoms with Gasteiger partial charge in [-0.15, -0.1) is 0 Å². The van der Waals surface area contributed by atoms with Gasteiger partial charge in [0.2, 0.25) is 0 Å². The molecule has 7 N–H and O–H groups in total. The summed E-state index contributed by atoms with van der Waals surface area (Å²) in [7, 11) is 0. The molecule has 0 unspecified atom stereocenters. The average molecular weight is 483 g/mol. The fourth-order valence-corrected chi connectivity index (χ4v) is 3.81. The quantitative estimate of drug-likeness (QED) is 0.161. The Morgan fingerprint density at radius 1 is 1.24 bits per heavy atom. The number of hydrogen-bond acceptors (Lipinski definition) is 7. The van der Waals surface area contributed by atoms with Gasteiger partial charge in [-0.3, -0.25) is 25.0 Å². The van der Waals surface area contributed by atoms with Gasteiger partial charge in [0.15, 0.2) is 5.96 Å². The first-order valence-electron chi connectivity index (χ1n) is 10.4. The fraction of sp³-hybridized carbons (Fsp3) is 0.182. The Kier molecular flexibility index (Phi) is 8.88. The second-order valence-electron chi connectivity index (χ2n) is 7.08. The lowest BCUT2D eigenvalue weighted by Gasteiger charge is -2.25. The molecule has 34 heavy (non-hydrogen) atoms. The van der Waals surface area contributed by atoms with Gasteiger partial charge >= 0.3 is 5.97 Å². The number of nitrogens with two attached hydrogens (primary N) is 2. The molecular weight excluding hydrogens is 456 g/mol. The lowest BCUT2D eigenvalue weighted by atomic mass is 10.1. The van der Waals surface area contributed by atoms with Gasteiger partial charge in [0.05, 0.1) is 17.4 Å². The molecule has 12 heteroatoms. The monoisotopic (exact) mass is 482 g/mol. The van der Waals surface area contributed by atoms with E-state index in [1.54, 1.807) is 11.6 Å². The van der Waals surface area contributed by atoms with Crippen molar-refractivity contribution in [2.24, 2.45) is 16.5 Å². The molecule has 0 saturated heterocycles. The Morgan fingerprint density at radius 3 is 2.85 bits per heavy atom. The van der Waals surface area contributed by atoms with Crippen LogP contribution < -0.4 is 22.3 Å². The van der Waals surface area contributed by atoms with E-state index in [-0.39, 0.29) is 12.4 Å². The molecule has 1 atom stereocenters. The number of carbonyl (C=O) groups is 2. The van der Waals surface area contributed by atoms with Gasteiger partial charge in [-0.1, -0.05) is 17.8 Å². The molecule has 0 aliphatic carbocycles. The zero-order valence-electron chi connectivity index (χ0n) is 18.2. The van der Waals surface area contributed by atoms with Crippen LogP contribution in [0.4, 0.5) is 0 Å². The topological polar surface area (TPSA) is 163 Å². The lowest BCUT2D eigenvalue weighted by molar-refractivity contribution is -0.140. The van der Waals surface area contributed by atoms with E-state index in [4.69, 9.17) is 11.5 Å². The van der Waals surface area contributed by atoms with Crippen molar-refractivity contribution in [3.8, 4) is 0 Å². The molecule has 2 aromatic heterocycles. The van der Waals surface area contributed by atoms with Crippen LogP contribution in [0.2, 0.25) is 0 Å². The van der Waals surface area contributed by atoms with Crippen molar-refractivity contribution in [1.29, 1.82) is 0 Å². The van der Waals surface area contributed by atoms with E-state index in [1.807, 2.05) is 70.7 Å². The third-order valence-corrected chi connectivity index (χ3v) is 5.56. The number of fused-ring (bicyclic) bond motifs is 2. The Labute approximate surface area is 200 Å². The Hall–Kier alpha value is -4.03. The number of carboxylic acids is 1. The van der Waals surface area contributed by atoms with Crippen LogP contribution in [0.25, 0.3) is 5.52 Å². The average Bonchev–Trinajstić information content (AvgIpc) is 3.32. The molecule has 0 fully saturated rings. The van der Waals surface area contributed by atoms with Crippen LogP contribution in [-0.4, -0.2) is 49.8 Å². The van der Waals surface area contributed by atoms with Crippen LogP contribution in [0.3, 0.4) is 0 Å². The molecule has 4 rings (SSSR count).